The number of anilines is 2. The lowest BCUT2D eigenvalue weighted by Crippen LogP contribution is -2.54. The van der Waals surface area contributed by atoms with Crippen molar-refractivity contribution in [3.05, 3.63) is 69.8 Å². The SMILES string of the molecule is CCNC(=O)C1(C(=O)N[C@@H](CCCNC(N)=O)C(=O)Nc2ccc(COC(=O)N3CCN(c4cc5c(cc4F)c(=O)c(C(=O)O)cn5CC)CC3)cc2)CCCC1. The van der Waals surface area contributed by atoms with E-state index in [0.29, 0.717) is 62.0 Å². The predicted molar refractivity (Wildman–Crippen MR) is 208 cm³/mol. The number of fused-ring (bicyclic) bond motifs is 1. The number of amides is 6. The summed E-state index contributed by atoms with van der Waals surface area (Å²) in [6.07, 6.45) is 3.35. The van der Waals surface area contributed by atoms with Gasteiger partial charge in [0.1, 0.15) is 29.4 Å². The van der Waals surface area contributed by atoms with Crippen molar-refractivity contribution in [3.8, 4) is 0 Å². The molecular formula is C39H49FN8O9. The first-order valence-electron chi connectivity index (χ1n) is 19.1. The van der Waals surface area contributed by atoms with Gasteiger partial charge in [0.05, 0.1) is 11.2 Å². The number of ether oxygens (including phenoxy) is 1. The molecule has 1 atom stereocenters. The number of piperazine rings is 1. The second-order valence-electron chi connectivity index (χ2n) is 14.1. The Hall–Kier alpha value is -6.20. The van der Waals surface area contributed by atoms with E-state index in [1.807, 2.05) is 0 Å². The molecule has 1 aliphatic heterocycles. The molecule has 2 fully saturated rings. The van der Waals surface area contributed by atoms with Crippen LogP contribution in [0.25, 0.3) is 10.9 Å². The van der Waals surface area contributed by atoms with Crippen molar-refractivity contribution >= 4 is 58.1 Å². The van der Waals surface area contributed by atoms with Crippen LogP contribution in [0.3, 0.4) is 0 Å². The molecule has 0 unspecified atom stereocenters. The Balaban J connectivity index is 1.16. The molecule has 1 aromatic heterocycles. The fraction of sp³-hybridized carbons (Fsp3) is 0.462. The van der Waals surface area contributed by atoms with Gasteiger partial charge in [0, 0.05) is 63.1 Å². The number of pyridine rings is 1. The fourth-order valence-corrected chi connectivity index (χ4v) is 7.28. The number of nitrogens with two attached hydrogens (primary N) is 1. The van der Waals surface area contributed by atoms with Crippen LogP contribution in [-0.4, -0.2) is 95.7 Å². The van der Waals surface area contributed by atoms with Crippen molar-refractivity contribution in [3.63, 3.8) is 0 Å². The minimum Gasteiger partial charge on any atom is -0.477 e. The third-order valence-electron chi connectivity index (χ3n) is 10.4. The van der Waals surface area contributed by atoms with Crippen molar-refractivity contribution in [2.24, 2.45) is 11.1 Å². The van der Waals surface area contributed by atoms with Gasteiger partial charge in [-0.05, 0) is 69.4 Å². The van der Waals surface area contributed by atoms with Gasteiger partial charge in [0.25, 0.3) is 0 Å². The van der Waals surface area contributed by atoms with Crippen LogP contribution in [0.2, 0.25) is 0 Å². The summed E-state index contributed by atoms with van der Waals surface area (Å²) < 4.78 is 22.4. The molecule has 7 N–H and O–H groups in total. The molecule has 1 aliphatic carbocycles. The van der Waals surface area contributed by atoms with Crippen LogP contribution >= 0.6 is 0 Å². The monoisotopic (exact) mass is 792 g/mol. The van der Waals surface area contributed by atoms with Crippen molar-refractivity contribution in [1.82, 2.24) is 25.4 Å². The lowest BCUT2D eigenvalue weighted by atomic mass is 9.83. The Morgan fingerprint density at radius 2 is 1.65 bits per heavy atom. The van der Waals surface area contributed by atoms with Crippen molar-refractivity contribution in [1.29, 1.82) is 0 Å². The van der Waals surface area contributed by atoms with E-state index in [1.165, 1.54) is 17.2 Å². The third kappa shape index (κ3) is 9.79. The summed E-state index contributed by atoms with van der Waals surface area (Å²) in [5.74, 6) is -3.46. The number of carbonyl (C=O) groups excluding carboxylic acids is 5. The number of carbonyl (C=O) groups is 6. The molecule has 2 heterocycles. The molecule has 306 valence electrons. The van der Waals surface area contributed by atoms with Crippen molar-refractivity contribution in [2.45, 2.75) is 71.6 Å². The predicted octanol–water partition coefficient (Wildman–Crippen LogP) is 2.89. The first kappa shape index (κ1) is 42.0. The van der Waals surface area contributed by atoms with E-state index >= 15 is 4.39 Å². The largest absolute Gasteiger partial charge is 0.477 e. The highest BCUT2D eigenvalue weighted by atomic mass is 19.1. The van der Waals surface area contributed by atoms with Gasteiger partial charge in [-0.2, -0.15) is 0 Å². The second-order valence-corrected chi connectivity index (χ2v) is 14.1. The Morgan fingerprint density at radius 1 is 0.965 bits per heavy atom. The second kappa shape index (κ2) is 18.6. The zero-order chi connectivity index (χ0) is 41.3. The molecule has 17 nitrogen and oxygen atoms in total. The average Bonchev–Trinajstić information content (AvgIpc) is 3.70. The van der Waals surface area contributed by atoms with E-state index in [4.69, 9.17) is 10.5 Å². The number of aryl methyl sites for hydroxylation is 1. The maximum absolute atomic E-state index is 15.3. The summed E-state index contributed by atoms with van der Waals surface area (Å²) >= 11 is 0. The number of urea groups is 1. The quantitative estimate of drug-likeness (QED) is 0.0973. The van der Waals surface area contributed by atoms with E-state index in [1.54, 1.807) is 47.6 Å². The number of carboxylic acid groups (broad SMARTS) is 1. The molecular weight excluding hydrogens is 743 g/mol. The van der Waals surface area contributed by atoms with E-state index < -0.39 is 58.2 Å². The molecule has 2 aliphatic rings. The van der Waals surface area contributed by atoms with Gasteiger partial charge in [-0.3, -0.25) is 19.2 Å². The van der Waals surface area contributed by atoms with Gasteiger partial charge >= 0.3 is 18.1 Å². The third-order valence-corrected chi connectivity index (χ3v) is 10.4. The van der Waals surface area contributed by atoms with Gasteiger partial charge < -0.3 is 51.2 Å². The first-order valence-corrected chi connectivity index (χ1v) is 19.1. The number of aromatic nitrogens is 1. The molecule has 57 heavy (non-hydrogen) atoms. The van der Waals surface area contributed by atoms with Gasteiger partial charge in [-0.15, -0.1) is 0 Å². The molecule has 0 bridgehead atoms. The number of hydrogen-bond acceptors (Lipinski definition) is 9. The van der Waals surface area contributed by atoms with Crippen LogP contribution in [-0.2, 0) is 32.3 Å². The van der Waals surface area contributed by atoms with Crippen LogP contribution in [0.4, 0.5) is 25.4 Å². The zero-order valence-electron chi connectivity index (χ0n) is 32.0. The summed E-state index contributed by atoms with van der Waals surface area (Å²) in [5, 5.41) is 20.2. The summed E-state index contributed by atoms with van der Waals surface area (Å²) in [5.41, 5.74) is 4.39. The van der Waals surface area contributed by atoms with E-state index in [2.05, 4.69) is 21.3 Å². The highest BCUT2D eigenvalue weighted by molar-refractivity contribution is 6.07. The van der Waals surface area contributed by atoms with Gasteiger partial charge in [0.15, 0.2) is 0 Å². The van der Waals surface area contributed by atoms with Gasteiger partial charge in [-0.25, -0.2) is 18.8 Å². The number of hydrogen-bond donors (Lipinski definition) is 6. The fourth-order valence-electron chi connectivity index (χ4n) is 7.28. The highest BCUT2D eigenvalue weighted by Gasteiger charge is 2.48. The molecule has 2 aromatic carbocycles. The van der Waals surface area contributed by atoms with Crippen LogP contribution in [0.1, 0.15) is 68.3 Å². The minimum atomic E-state index is -1.39. The molecule has 6 amide bonds. The van der Waals surface area contributed by atoms with Gasteiger partial charge in [-0.1, -0.05) is 25.0 Å². The number of nitrogens with zero attached hydrogens (tertiary/aromatic N) is 3. The first-order chi connectivity index (χ1) is 27.3. The Morgan fingerprint density at radius 3 is 2.26 bits per heavy atom. The van der Waals surface area contributed by atoms with E-state index in [-0.39, 0.29) is 62.7 Å². The van der Waals surface area contributed by atoms with Crippen molar-refractivity contribution in [2.75, 3.05) is 49.5 Å². The number of rotatable bonds is 15. The number of aromatic carboxylic acids is 1. The van der Waals surface area contributed by atoms with E-state index in [9.17, 15) is 38.7 Å². The lowest BCUT2D eigenvalue weighted by molar-refractivity contribution is -0.144. The number of halogens is 1. The Labute approximate surface area is 328 Å². The smallest absolute Gasteiger partial charge is 0.410 e. The maximum atomic E-state index is 15.3. The summed E-state index contributed by atoms with van der Waals surface area (Å²) in [6.45, 7) is 5.45. The van der Waals surface area contributed by atoms with Crippen molar-refractivity contribution < 1.29 is 43.0 Å². The topological polar surface area (TPSA) is 234 Å². The van der Waals surface area contributed by atoms with Crippen LogP contribution in [0.15, 0.2) is 47.4 Å². The summed E-state index contributed by atoms with van der Waals surface area (Å²) in [7, 11) is 0. The molecule has 5 rings (SSSR count). The number of carboxylic acids is 1. The Bertz CT molecular complexity index is 2060. The standard InChI is InChI=1S/C39H49FN8O9/c1-3-42-35(53)39(13-5-6-14-39)36(54)45-29(8-7-15-43-37(41)55)33(50)44-25-11-9-24(10-12-25)23-57-38(56)48-18-16-47(17-19-48)31-21-30-26(20-28(31)40)32(49)27(34(51)52)22-46(30)4-2/h9-12,20-22,29H,3-8,13-19,23H2,1-2H3,(H,42,53)(H,44,50)(H,45,54)(H,51,52)(H3,41,43,55)/t29-/m0/s1. The molecule has 18 heteroatoms. The molecule has 0 spiro atoms. The molecule has 3 aromatic rings. The zero-order valence-corrected chi connectivity index (χ0v) is 32.0. The normalized spacial score (nSPS) is 15.4. The molecule has 0 radical (unpaired) electrons. The maximum Gasteiger partial charge on any atom is 0.410 e. The number of benzene rings is 2. The highest BCUT2D eigenvalue weighted by Crippen LogP contribution is 2.39. The number of primary amides is 1. The van der Waals surface area contributed by atoms with Crippen LogP contribution in [0.5, 0.6) is 0 Å². The number of nitrogens with one attached hydrogen (secondary N) is 4. The minimum absolute atomic E-state index is 0.0262. The van der Waals surface area contributed by atoms with E-state index in [0.717, 1.165) is 6.07 Å². The average molecular weight is 793 g/mol. The molecule has 1 saturated carbocycles. The van der Waals surface area contributed by atoms with Crippen LogP contribution < -0.4 is 37.3 Å². The lowest BCUT2D eigenvalue weighted by Gasteiger charge is -2.35. The summed E-state index contributed by atoms with van der Waals surface area (Å²) in [4.78, 5) is 91.6. The molecule has 1 saturated heterocycles. The summed E-state index contributed by atoms with van der Waals surface area (Å²) in [6, 6.07) is 7.46. The Kier molecular flexibility index (Phi) is 13.7. The van der Waals surface area contributed by atoms with Crippen LogP contribution in [0, 0.1) is 11.2 Å². The van der Waals surface area contributed by atoms with Gasteiger partial charge in [0.2, 0.25) is 23.2 Å².